The van der Waals surface area contributed by atoms with Gasteiger partial charge < -0.3 is 5.32 Å². The van der Waals surface area contributed by atoms with Crippen LogP contribution in [-0.2, 0) is 9.59 Å². The summed E-state index contributed by atoms with van der Waals surface area (Å²) in [6, 6.07) is 5.25. The van der Waals surface area contributed by atoms with Gasteiger partial charge in [0.1, 0.15) is 11.6 Å². The van der Waals surface area contributed by atoms with E-state index in [1.54, 1.807) is 18.7 Å². The Morgan fingerprint density at radius 2 is 1.90 bits per heavy atom. The maximum atomic E-state index is 12.8. The Hall–Kier alpha value is -1.36. The second kappa shape index (κ2) is 5.44. The molecule has 1 saturated heterocycles. The minimum atomic E-state index is -0.889. The summed E-state index contributed by atoms with van der Waals surface area (Å²) in [5.41, 5.74) is 0.951. The highest BCUT2D eigenvalue weighted by Crippen LogP contribution is 2.31. The first-order chi connectivity index (χ1) is 9.65. The lowest BCUT2D eigenvalue weighted by molar-refractivity contribution is -0.138. The SMILES string of the molecule is Cc1ccc(N2C(=O)C(C)(C)NC(=O)C2C(C)C)cc1Br. The number of piperazine rings is 1. The van der Waals surface area contributed by atoms with Crippen LogP contribution in [-0.4, -0.2) is 23.4 Å². The van der Waals surface area contributed by atoms with Crippen molar-refractivity contribution < 1.29 is 9.59 Å². The van der Waals surface area contributed by atoms with Crippen LogP contribution in [0.3, 0.4) is 0 Å². The van der Waals surface area contributed by atoms with Crippen LogP contribution in [0.25, 0.3) is 0 Å². The molecule has 1 fully saturated rings. The molecule has 1 unspecified atom stereocenters. The third-order valence-electron chi connectivity index (χ3n) is 3.80. The number of amides is 2. The van der Waals surface area contributed by atoms with Gasteiger partial charge in [-0.2, -0.15) is 0 Å². The largest absolute Gasteiger partial charge is 0.340 e. The standard InChI is InChI=1S/C16H21BrN2O2/c1-9(2)13-14(20)18-16(4,5)15(21)19(13)11-7-6-10(3)12(17)8-11/h6-9,13H,1-5H3,(H,18,20). The van der Waals surface area contributed by atoms with Crippen molar-refractivity contribution in [1.29, 1.82) is 0 Å². The van der Waals surface area contributed by atoms with Gasteiger partial charge in [0.05, 0.1) is 0 Å². The van der Waals surface area contributed by atoms with E-state index in [1.165, 1.54) is 0 Å². The second-order valence-corrected chi connectivity index (χ2v) is 7.27. The third-order valence-corrected chi connectivity index (χ3v) is 4.66. The van der Waals surface area contributed by atoms with Gasteiger partial charge in [-0.3, -0.25) is 14.5 Å². The van der Waals surface area contributed by atoms with E-state index >= 15 is 0 Å². The van der Waals surface area contributed by atoms with Crippen LogP contribution in [0.1, 0.15) is 33.3 Å². The molecule has 0 saturated carbocycles. The molecule has 1 aromatic rings. The summed E-state index contributed by atoms with van der Waals surface area (Å²) in [4.78, 5) is 26.8. The molecule has 1 heterocycles. The maximum Gasteiger partial charge on any atom is 0.252 e. The Morgan fingerprint density at radius 3 is 2.43 bits per heavy atom. The zero-order valence-corrected chi connectivity index (χ0v) is 14.6. The van der Waals surface area contributed by atoms with Crippen molar-refractivity contribution in [2.45, 2.75) is 46.2 Å². The molecule has 1 aliphatic rings. The molecule has 1 N–H and O–H groups in total. The number of rotatable bonds is 2. The zero-order chi connectivity index (χ0) is 15.9. The summed E-state index contributed by atoms with van der Waals surface area (Å²) in [6.07, 6.45) is 0. The number of hydrogen-bond donors (Lipinski definition) is 1. The molecule has 5 heteroatoms. The lowest BCUT2D eigenvalue weighted by atomic mass is 9.91. The van der Waals surface area contributed by atoms with Crippen molar-refractivity contribution in [3.05, 3.63) is 28.2 Å². The first-order valence-electron chi connectivity index (χ1n) is 7.07. The van der Waals surface area contributed by atoms with Crippen LogP contribution in [0, 0.1) is 12.8 Å². The summed E-state index contributed by atoms with van der Waals surface area (Å²) in [6.45, 7) is 9.36. The number of hydrogen-bond acceptors (Lipinski definition) is 2. The van der Waals surface area contributed by atoms with Crippen LogP contribution in [0.2, 0.25) is 0 Å². The summed E-state index contributed by atoms with van der Waals surface area (Å²) >= 11 is 3.49. The molecule has 1 aromatic carbocycles. The smallest absolute Gasteiger partial charge is 0.252 e. The number of aryl methyl sites for hydroxylation is 1. The fraction of sp³-hybridized carbons (Fsp3) is 0.500. The number of anilines is 1. The van der Waals surface area contributed by atoms with E-state index in [0.717, 1.165) is 15.7 Å². The second-order valence-electron chi connectivity index (χ2n) is 6.41. The highest BCUT2D eigenvalue weighted by molar-refractivity contribution is 9.10. The molecule has 1 atom stereocenters. The van der Waals surface area contributed by atoms with Gasteiger partial charge in [-0.25, -0.2) is 0 Å². The minimum Gasteiger partial charge on any atom is -0.340 e. The molecular formula is C16H21BrN2O2. The van der Waals surface area contributed by atoms with Crippen molar-refractivity contribution in [2.24, 2.45) is 5.92 Å². The average Bonchev–Trinajstić information content (AvgIpc) is 2.36. The Bertz CT molecular complexity index is 596. The lowest BCUT2D eigenvalue weighted by Crippen LogP contribution is -2.69. The summed E-state index contributed by atoms with van der Waals surface area (Å²) < 4.78 is 0.930. The molecule has 1 aliphatic heterocycles. The topological polar surface area (TPSA) is 49.4 Å². The lowest BCUT2D eigenvalue weighted by Gasteiger charge is -2.44. The van der Waals surface area contributed by atoms with Gasteiger partial charge in [-0.1, -0.05) is 35.8 Å². The molecule has 0 bridgehead atoms. The van der Waals surface area contributed by atoms with E-state index in [-0.39, 0.29) is 17.7 Å². The quantitative estimate of drug-likeness (QED) is 0.889. The van der Waals surface area contributed by atoms with Gasteiger partial charge in [0.2, 0.25) is 5.91 Å². The van der Waals surface area contributed by atoms with Crippen LogP contribution in [0.4, 0.5) is 5.69 Å². The van der Waals surface area contributed by atoms with Crippen LogP contribution >= 0.6 is 15.9 Å². The van der Waals surface area contributed by atoms with Crippen molar-refractivity contribution >= 4 is 33.4 Å². The summed E-state index contributed by atoms with van der Waals surface area (Å²) in [5.74, 6) is -0.159. The number of carbonyl (C=O) groups excluding carboxylic acids is 2. The van der Waals surface area contributed by atoms with E-state index in [9.17, 15) is 9.59 Å². The molecule has 4 nitrogen and oxygen atoms in total. The predicted molar refractivity (Wildman–Crippen MR) is 87.2 cm³/mol. The van der Waals surface area contributed by atoms with Crippen LogP contribution < -0.4 is 10.2 Å². The van der Waals surface area contributed by atoms with Crippen molar-refractivity contribution in [1.82, 2.24) is 5.32 Å². The fourth-order valence-corrected chi connectivity index (χ4v) is 2.96. The summed E-state index contributed by atoms with van der Waals surface area (Å²) in [7, 11) is 0. The van der Waals surface area contributed by atoms with Crippen molar-refractivity contribution in [3.63, 3.8) is 0 Å². The predicted octanol–water partition coefficient (Wildman–Crippen LogP) is 3.02. The number of halogens is 1. The Balaban J connectivity index is 2.55. The normalized spacial score (nSPS) is 21.7. The van der Waals surface area contributed by atoms with Gasteiger partial charge in [0.25, 0.3) is 5.91 Å². The average molecular weight is 353 g/mol. The molecule has 21 heavy (non-hydrogen) atoms. The number of nitrogens with zero attached hydrogens (tertiary/aromatic N) is 1. The van der Waals surface area contributed by atoms with Crippen molar-refractivity contribution in [3.8, 4) is 0 Å². The molecule has 114 valence electrons. The highest BCUT2D eigenvalue weighted by Gasteiger charge is 2.47. The molecule has 0 aliphatic carbocycles. The van der Waals surface area contributed by atoms with Gasteiger partial charge in [-0.05, 0) is 44.4 Å². The summed E-state index contributed by atoms with van der Waals surface area (Å²) in [5, 5.41) is 2.82. The van der Waals surface area contributed by atoms with E-state index in [4.69, 9.17) is 0 Å². The zero-order valence-electron chi connectivity index (χ0n) is 13.0. The third kappa shape index (κ3) is 2.84. The Morgan fingerprint density at radius 1 is 1.29 bits per heavy atom. The Kier molecular flexibility index (Phi) is 4.15. The fourth-order valence-electron chi connectivity index (χ4n) is 2.59. The van der Waals surface area contributed by atoms with Gasteiger partial charge in [-0.15, -0.1) is 0 Å². The molecule has 0 radical (unpaired) electrons. The molecule has 2 rings (SSSR count). The van der Waals surface area contributed by atoms with E-state index in [0.29, 0.717) is 0 Å². The van der Waals surface area contributed by atoms with E-state index in [1.807, 2.05) is 39.0 Å². The number of benzene rings is 1. The first-order valence-corrected chi connectivity index (χ1v) is 7.86. The highest BCUT2D eigenvalue weighted by atomic mass is 79.9. The van der Waals surface area contributed by atoms with E-state index in [2.05, 4.69) is 21.2 Å². The van der Waals surface area contributed by atoms with E-state index < -0.39 is 11.6 Å². The van der Waals surface area contributed by atoms with Gasteiger partial charge in [0.15, 0.2) is 0 Å². The van der Waals surface area contributed by atoms with Crippen molar-refractivity contribution in [2.75, 3.05) is 4.90 Å². The number of carbonyl (C=O) groups is 2. The minimum absolute atomic E-state index is 0.0325. The van der Waals surface area contributed by atoms with Crippen LogP contribution in [0.5, 0.6) is 0 Å². The monoisotopic (exact) mass is 352 g/mol. The van der Waals surface area contributed by atoms with Crippen LogP contribution in [0.15, 0.2) is 22.7 Å². The first kappa shape index (κ1) is 16.0. The van der Waals surface area contributed by atoms with Gasteiger partial charge in [0, 0.05) is 10.2 Å². The number of nitrogens with one attached hydrogen (secondary N) is 1. The van der Waals surface area contributed by atoms with Gasteiger partial charge >= 0.3 is 0 Å². The molecular weight excluding hydrogens is 332 g/mol. The molecule has 0 spiro atoms. The maximum absolute atomic E-state index is 12.8. The molecule has 0 aromatic heterocycles. The molecule has 2 amide bonds. The Labute approximate surface area is 134 Å².